The third-order valence-corrected chi connectivity index (χ3v) is 3.03. The maximum atomic E-state index is 11.2. The molecular weight excluding hydrogens is 254 g/mol. The minimum absolute atomic E-state index is 0.0521. The van der Waals surface area contributed by atoms with Crippen LogP contribution in [0.2, 0.25) is 0 Å². The van der Waals surface area contributed by atoms with Crippen LogP contribution in [0.3, 0.4) is 0 Å². The average molecular weight is 267 g/mol. The lowest BCUT2D eigenvalue weighted by Gasteiger charge is -1.98. The topological polar surface area (TPSA) is 47.9 Å². The summed E-state index contributed by atoms with van der Waals surface area (Å²) in [5.74, 6) is 1.55. The largest absolute Gasteiger partial charge is 0.454 e. The van der Waals surface area contributed by atoms with Crippen molar-refractivity contribution in [1.82, 2.24) is 0 Å². The Hall–Kier alpha value is -2.62. The number of Topliss-reactive ketones (excluding diaryl/α,β-unsaturated/α-hetero) is 1. The maximum Gasteiger partial charge on any atom is 0.231 e. The van der Waals surface area contributed by atoms with Crippen LogP contribution in [-0.2, 0) is 0 Å². The summed E-state index contributed by atoms with van der Waals surface area (Å²) in [6.07, 6.45) is 1.75. The third-order valence-electron chi connectivity index (χ3n) is 3.03. The average Bonchev–Trinajstić information content (AvgIpc) is 2.93. The molecule has 0 unspecified atom stereocenters. The molecule has 0 fully saturated rings. The lowest BCUT2D eigenvalue weighted by atomic mass is 10.1. The number of aliphatic imine (C=N–C) groups is 1. The molecule has 3 rings (SSSR count). The fourth-order valence-corrected chi connectivity index (χ4v) is 1.92. The third kappa shape index (κ3) is 2.54. The Morgan fingerprint density at radius 3 is 2.60 bits per heavy atom. The number of carbonyl (C=O) groups excluding carboxylic acids is 1. The van der Waals surface area contributed by atoms with Gasteiger partial charge in [-0.2, -0.15) is 0 Å². The first-order valence-corrected chi connectivity index (χ1v) is 6.27. The summed E-state index contributed by atoms with van der Waals surface area (Å²) in [6, 6.07) is 12.9. The molecule has 20 heavy (non-hydrogen) atoms. The van der Waals surface area contributed by atoms with E-state index in [1.807, 2.05) is 30.3 Å². The minimum Gasteiger partial charge on any atom is -0.454 e. The van der Waals surface area contributed by atoms with E-state index in [1.54, 1.807) is 25.3 Å². The van der Waals surface area contributed by atoms with Gasteiger partial charge in [-0.25, -0.2) is 0 Å². The van der Waals surface area contributed by atoms with Crippen molar-refractivity contribution in [3.8, 4) is 11.5 Å². The van der Waals surface area contributed by atoms with Crippen LogP contribution >= 0.6 is 0 Å². The SMILES string of the molecule is CC(=O)c1ccc(N=Cc2ccc3c(c2)OCO3)cc1. The molecule has 0 atom stereocenters. The highest BCUT2D eigenvalue weighted by Crippen LogP contribution is 2.32. The maximum absolute atomic E-state index is 11.2. The summed E-state index contributed by atoms with van der Waals surface area (Å²) < 4.78 is 10.6. The molecule has 2 aromatic rings. The molecule has 1 aliphatic rings. The summed E-state index contributed by atoms with van der Waals surface area (Å²) in [7, 11) is 0. The first-order chi connectivity index (χ1) is 9.72. The number of hydrogen-bond acceptors (Lipinski definition) is 4. The van der Waals surface area contributed by atoms with Gasteiger partial charge in [0.15, 0.2) is 17.3 Å². The summed E-state index contributed by atoms with van der Waals surface area (Å²) in [4.78, 5) is 15.5. The molecule has 0 aliphatic carbocycles. The second-order valence-corrected chi connectivity index (χ2v) is 4.47. The van der Waals surface area contributed by atoms with Gasteiger partial charge in [0.1, 0.15) is 0 Å². The van der Waals surface area contributed by atoms with E-state index in [0.29, 0.717) is 5.56 Å². The second-order valence-electron chi connectivity index (χ2n) is 4.47. The van der Waals surface area contributed by atoms with Crippen LogP contribution in [0.25, 0.3) is 0 Å². The van der Waals surface area contributed by atoms with Gasteiger partial charge < -0.3 is 9.47 Å². The van der Waals surface area contributed by atoms with E-state index in [4.69, 9.17) is 9.47 Å². The molecule has 0 bridgehead atoms. The smallest absolute Gasteiger partial charge is 0.231 e. The van der Waals surface area contributed by atoms with Crippen molar-refractivity contribution in [3.63, 3.8) is 0 Å². The van der Waals surface area contributed by atoms with E-state index in [0.717, 1.165) is 22.7 Å². The second kappa shape index (κ2) is 5.17. The molecule has 0 aromatic heterocycles. The molecule has 0 N–H and O–H groups in total. The first-order valence-electron chi connectivity index (χ1n) is 6.27. The zero-order chi connectivity index (χ0) is 13.9. The van der Waals surface area contributed by atoms with Gasteiger partial charge in [0.25, 0.3) is 0 Å². The Morgan fingerprint density at radius 2 is 1.85 bits per heavy atom. The molecular formula is C16H13NO3. The summed E-state index contributed by atoms with van der Waals surface area (Å²) in [5, 5.41) is 0. The fourth-order valence-electron chi connectivity index (χ4n) is 1.92. The van der Waals surface area contributed by atoms with Gasteiger partial charge in [0.2, 0.25) is 6.79 Å². The van der Waals surface area contributed by atoms with Crippen molar-refractivity contribution in [1.29, 1.82) is 0 Å². The number of rotatable bonds is 3. The molecule has 100 valence electrons. The van der Waals surface area contributed by atoms with Crippen molar-refractivity contribution in [3.05, 3.63) is 53.6 Å². The Kier molecular flexibility index (Phi) is 3.21. The van der Waals surface area contributed by atoms with Crippen LogP contribution in [0.1, 0.15) is 22.8 Å². The highest BCUT2D eigenvalue weighted by Gasteiger charge is 2.12. The van der Waals surface area contributed by atoms with Gasteiger partial charge in [0.05, 0.1) is 5.69 Å². The number of nitrogens with zero attached hydrogens (tertiary/aromatic N) is 1. The number of ether oxygens (including phenoxy) is 2. The van der Waals surface area contributed by atoms with Gasteiger partial charge in [-0.15, -0.1) is 0 Å². The molecule has 2 aromatic carbocycles. The number of benzene rings is 2. The van der Waals surface area contributed by atoms with Crippen molar-refractivity contribution in [2.75, 3.05) is 6.79 Å². The first kappa shape index (κ1) is 12.4. The monoisotopic (exact) mass is 267 g/mol. The molecule has 4 nitrogen and oxygen atoms in total. The van der Waals surface area contributed by atoms with E-state index < -0.39 is 0 Å². The molecule has 1 aliphatic heterocycles. The van der Waals surface area contributed by atoms with Gasteiger partial charge in [-0.1, -0.05) is 0 Å². The van der Waals surface area contributed by atoms with E-state index in [9.17, 15) is 4.79 Å². The Bertz CT molecular complexity index is 675. The molecule has 0 saturated heterocycles. The van der Waals surface area contributed by atoms with Gasteiger partial charge >= 0.3 is 0 Å². The van der Waals surface area contributed by atoms with Crippen molar-refractivity contribution < 1.29 is 14.3 Å². The van der Waals surface area contributed by atoms with Gasteiger partial charge in [-0.3, -0.25) is 9.79 Å². The lowest BCUT2D eigenvalue weighted by Crippen LogP contribution is -1.92. The molecule has 4 heteroatoms. The van der Waals surface area contributed by atoms with E-state index in [-0.39, 0.29) is 12.6 Å². The van der Waals surface area contributed by atoms with Crippen LogP contribution < -0.4 is 9.47 Å². The van der Waals surface area contributed by atoms with E-state index >= 15 is 0 Å². The predicted molar refractivity (Wildman–Crippen MR) is 76.3 cm³/mol. The lowest BCUT2D eigenvalue weighted by molar-refractivity contribution is 0.101. The molecule has 0 spiro atoms. The summed E-state index contributed by atoms with van der Waals surface area (Å²) in [6.45, 7) is 1.81. The quantitative estimate of drug-likeness (QED) is 0.632. The predicted octanol–water partition coefficient (Wildman–Crippen LogP) is 3.37. The molecule has 1 heterocycles. The number of ketones is 1. The van der Waals surface area contributed by atoms with Crippen LogP contribution in [0.4, 0.5) is 5.69 Å². The zero-order valence-electron chi connectivity index (χ0n) is 11.0. The van der Waals surface area contributed by atoms with Crippen molar-refractivity contribution in [2.24, 2.45) is 4.99 Å². The summed E-state index contributed by atoms with van der Waals surface area (Å²) >= 11 is 0. The van der Waals surface area contributed by atoms with Crippen LogP contribution in [-0.4, -0.2) is 18.8 Å². The number of fused-ring (bicyclic) bond motifs is 1. The van der Waals surface area contributed by atoms with Crippen LogP contribution in [0, 0.1) is 0 Å². The van der Waals surface area contributed by atoms with Gasteiger partial charge in [0, 0.05) is 11.8 Å². The van der Waals surface area contributed by atoms with E-state index in [2.05, 4.69) is 4.99 Å². The van der Waals surface area contributed by atoms with Crippen molar-refractivity contribution >= 4 is 17.7 Å². The summed E-state index contributed by atoms with van der Waals surface area (Å²) in [5.41, 5.74) is 2.42. The molecule has 0 amide bonds. The molecule has 0 radical (unpaired) electrons. The van der Waals surface area contributed by atoms with Gasteiger partial charge in [-0.05, 0) is 55.0 Å². The van der Waals surface area contributed by atoms with Crippen molar-refractivity contribution in [2.45, 2.75) is 6.92 Å². The number of carbonyl (C=O) groups is 1. The normalized spacial score (nSPS) is 12.8. The Morgan fingerprint density at radius 1 is 1.10 bits per heavy atom. The highest BCUT2D eigenvalue weighted by atomic mass is 16.7. The fraction of sp³-hybridized carbons (Fsp3) is 0.125. The van der Waals surface area contributed by atoms with Crippen LogP contribution in [0.5, 0.6) is 11.5 Å². The minimum atomic E-state index is 0.0521. The van der Waals surface area contributed by atoms with Crippen LogP contribution in [0.15, 0.2) is 47.5 Å². The Balaban J connectivity index is 1.78. The number of hydrogen-bond donors (Lipinski definition) is 0. The standard InChI is InChI=1S/C16H13NO3/c1-11(18)13-3-5-14(6-4-13)17-9-12-2-7-15-16(8-12)20-10-19-15/h2-9H,10H2,1H3. The zero-order valence-corrected chi connectivity index (χ0v) is 11.0. The Labute approximate surface area is 116 Å². The van der Waals surface area contributed by atoms with E-state index in [1.165, 1.54) is 0 Å². The highest BCUT2D eigenvalue weighted by molar-refractivity contribution is 5.94. The molecule has 0 saturated carbocycles.